The van der Waals surface area contributed by atoms with Crippen LogP contribution in [0.25, 0.3) is 6.08 Å². The van der Waals surface area contributed by atoms with Crippen molar-refractivity contribution in [2.24, 2.45) is 0 Å². The highest BCUT2D eigenvalue weighted by Crippen LogP contribution is 2.05. The van der Waals surface area contributed by atoms with Crippen LogP contribution >= 0.6 is 0 Å². The Hall–Kier alpha value is -2.10. The lowest BCUT2D eigenvalue weighted by Crippen LogP contribution is -2.27. The van der Waals surface area contributed by atoms with Crippen molar-refractivity contribution in [2.45, 2.75) is 13.3 Å². The molecule has 0 saturated heterocycles. The third-order valence-electron chi connectivity index (χ3n) is 2.53. The van der Waals surface area contributed by atoms with Crippen LogP contribution in [-0.4, -0.2) is 35.5 Å². The van der Waals surface area contributed by atoms with E-state index in [1.807, 2.05) is 31.2 Å². The molecule has 96 valence electrons. The van der Waals surface area contributed by atoms with Gasteiger partial charge in [0.25, 0.3) is 0 Å². The van der Waals surface area contributed by atoms with Crippen LogP contribution in [0.1, 0.15) is 17.5 Å². The van der Waals surface area contributed by atoms with Crippen molar-refractivity contribution in [3.63, 3.8) is 0 Å². The fourth-order valence-electron chi connectivity index (χ4n) is 1.35. The monoisotopic (exact) mass is 247 g/mol. The second kappa shape index (κ2) is 6.59. The molecular weight excluding hydrogens is 230 g/mol. The number of aliphatic carboxylic acids is 1. The van der Waals surface area contributed by atoms with Crippen LogP contribution in [0.3, 0.4) is 0 Å². The summed E-state index contributed by atoms with van der Waals surface area (Å²) in [6, 6.07) is 7.79. The highest BCUT2D eigenvalue weighted by molar-refractivity contribution is 5.91. The normalized spacial score (nSPS) is 10.6. The molecule has 0 aliphatic carbocycles. The molecule has 0 radical (unpaired) electrons. The van der Waals surface area contributed by atoms with Gasteiger partial charge in [0, 0.05) is 19.7 Å². The molecule has 0 aromatic heterocycles. The van der Waals surface area contributed by atoms with E-state index in [1.54, 1.807) is 13.1 Å². The van der Waals surface area contributed by atoms with Gasteiger partial charge in [-0.05, 0) is 18.6 Å². The Morgan fingerprint density at radius 2 is 1.89 bits per heavy atom. The summed E-state index contributed by atoms with van der Waals surface area (Å²) < 4.78 is 0. The van der Waals surface area contributed by atoms with E-state index in [0.29, 0.717) is 0 Å². The number of hydrogen-bond donors (Lipinski definition) is 1. The van der Waals surface area contributed by atoms with Crippen LogP contribution in [0.15, 0.2) is 30.3 Å². The van der Waals surface area contributed by atoms with Gasteiger partial charge in [0.2, 0.25) is 5.91 Å². The number of carbonyl (C=O) groups is 2. The van der Waals surface area contributed by atoms with Gasteiger partial charge < -0.3 is 10.0 Å². The molecule has 4 nitrogen and oxygen atoms in total. The van der Waals surface area contributed by atoms with Crippen LogP contribution in [0.5, 0.6) is 0 Å². The highest BCUT2D eigenvalue weighted by atomic mass is 16.4. The molecule has 4 heteroatoms. The minimum Gasteiger partial charge on any atom is -0.481 e. The number of carboxylic acids is 1. The molecule has 1 aromatic carbocycles. The number of aryl methyl sites for hydroxylation is 1. The lowest BCUT2D eigenvalue weighted by atomic mass is 10.1. The van der Waals surface area contributed by atoms with Gasteiger partial charge >= 0.3 is 5.97 Å². The average molecular weight is 247 g/mol. The molecule has 0 aliphatic rings. The van der Waals surface area contributed by atoms with Gasteiger partial charge in [-0.2, -0.15) is 0 Å². The topological polar surface area (TPSA) is 57.6 Å². The van der Waals surface area contributed by atoms with Crippen molar-refractivity contribution in [2.75, 3.05) is 13.6 Å². The maximum Gasteiger partial charge on any atom is 0.305 e. The van der Waals surface area contributed by atoms with E-state index in [0.717, 1.165) is 11.1 Å². The zero-order chi connectivity index (χ0) is 13.5. The maximum atomic E-state index is 11.6. The second-order valence-electron chi connectivity index (χ2n) is 4.15. The molecule has 0 heterocycles. The number of nitrogens with zero attached hydrogens (tertiary/aromatic N) is 1. The SMILES string of the molecule is Cc1ccc(C=CC(=O)N(C)CCC(=O)O)cc1. The van der Waals surface area contributed by atoms with Gasteiger partial charge in [-0.3, -0.25) is 9.59 Å². The average Bonchev–Trinajstić information content (AvgIpc) is 2.34. The zero-order valence-electron chi connectivity index (χ0n) is 10.6. The van der Waals surface area contributed by atoms with Crippen LogP contribution in [0.2, 0.25) is 0 Å². The Morgan fingerprint density at radius 1 is 1.28 bits per heavy atom. The fourth-order valence-corrected chi connectivity index (χ4v) is 1.35. The van der Waals surface area contributed by atoms with Crippen LogP contribution in [0.4, 0.5) is 0 Å². The molecule has 1 amide bonds. The molecule has 0 spiro atoms. The number of hydrogen-bond acceptors (Lipinski definition) is 2. The van der Waals surface area contributed by atoms with E-state index in [2.05, 4.69) is 0 Å². The summed E-state index contributed by atoms with van der Waals surface area (Å²) in [6.07, 6.45) is 3.13. The number of likely N-dealkylation sites (N-methyl/N-ethyl adjacent to an activating group) is 1. The van der Waals surface area contributed by atoms with E-state index >= 15 is 0 Å². The number of carboxylic acid groups (broad SMARTS) is 1. The van der Waals surface area contributed by atoms with Crippen molar-refractivity contribution in [3.8, 4) is 0 Å². The third kappa shape index (κ3) is 4.82. The molecule has 0 aliphatic heterocycles. The summed E-state index contributed by atoms with van der Waals surface area (Å²) in [5.74, 6) is -1.10. The van der Waals surface area contributed by atoms with E-state index < -0.39 is 5.97 Å². The Balaban J connectivity index is 2.53. The van der Waals surface area contributed by atoms with Crippen molar-refractivity contribution < 1.29 is 14.7 Å². The van der Waals surface area contributed by atoms with Crippen molar-refractivity contribution in [1.29, 1.82) is 0 Å². The molecule has 0 saturated carbocycles. The van der Waals surface area contributed by atoms with Gasteiger partial charge in [-0.1, -0.05) is 29.8 Å². The highest BCUT2D eigenvalue weighted by Gasteiger charge is 2.06. The molecule has 0 atom stereocenters. The van der Waals surface area contributed by atoms with Crippen LogP contribution in [0, 0.1) is 6.92 Å². The van der Waals surface area contributed by atoms with Crippen molar-refractivity contribution in [1.82, 2.24) is 4.90 Å². The minimum absolute atomic E-state index is 0.0411. The standard InChI is InChI=1S/C14H17NO3/c1-11-3-5-12(6-4-11)7-8-13(16)15(2)10-9-14(17)18/h3-8H,9-10H2,1-2H3,(H,17,18). The van der Waals surface area contributed by atoms with Crippen molar-refractivity contribution in [3.05, 3.63) is 41.5 Å². The number of carbonyl (C=O) groups excluding carboxylic acids is 1. The first-order chi connectivity index (χ1) is 8.49. The Bertz CT molecular complexity index is 449. The Morgan fingerprint density at radius 3 is 2.44 bits per heavy atom. The summed E-state index contributed by atoms with van der Waals surface area (Å²) in [4.78, 5) is 23.4. The van der Waals surface area contributed by atoms with E-state index in [-0.39, 0.29) is 18.9 Å². The predicted molar refractivity (Wildman–Crippen MR) is 70.1 cm³/mol. The molecule has 0 unspecified atom stereocenters. The van der Waals surface area contributed by atoms with Gasteiger partial charge in [0.15, 0.2) is 0 Å². The van der Waals surface area contributed by atoms with Gasteiger partial charge in [0.1, 0.15) is 0 Å². The maximum absolute atomic E-state index is 11.6. The minimum atomic E-state index is -0.905. The molecule has 0 bridgehead atoms. The smallest absolute Gasteiger partial charge is 0.305 e. The Labute approximate surface area is 107 Å². The first kappa shape index (κ1) is 14.0. The van der Waals surface area contributed by atoms with E-state index in [1.165, 1.54) is 11.0 Å². The lowest BCUT2D eigenvalue weighted by Gasteiger charge is -2.13. The number of amides is 1. The summed E-state index contributed by atoms with van der Waals surface area (Å²) >= 11 is 0. The largest absolute Gasteiger partial charge is 0.481 e. The number of benzene rings is 1. The van der Waals surface area contributed by atoms with Crippen LogP contribution < -0.4 is 0 Å². The number of rotatable bonds is 5. The fraction of sp³-hybridized carbons (Fsp3) is 0.286. The molecule has 1 rings (SSSR count). The second-order valence-corrected chi connectivity index (χ2v) is 4.15. The molecule has 1 aromatic rings. The molecule has 1 N–H and O–H groups in total. The molecule has 0 fully saturated rings. The van der Waals surface area contributed by atoms with E-state index in [9.17, 15) is 9.59 Å². The van der Waals surface area contributed by atoms with Gasteiger partial charge in [0.05, 0.1) is 6.42 Å². The van der Waals surface area contributed by atoms with Crippen molar-refractivity contribution >= 4 is 18.0 Å². The van der Waals surface area contributed by atoms with Crippen LogP contribution in [-0.2, 0) is 9.59 Å². The van der Waals surface area contributed by atoms with E-state index in [4.69, 9.17) is 5.11 Å². The summed E-state index contributed by atoms with van der Waals surface area (Å²) in [5, 5.41) is 8.52. The van der Waals surface area contributed by atoms with Gasteiger partial charge in [-0.25, -0.2) is 0 Å². The lowest BCUT2D eigenvalue weighted by molar-refractivity contribution is -0.137. The Kier molecular flexibility index (Phi) is 5.11. The molecular formula is C14H17NO3. The summed E-state index contributed by atoms with van der Waals surface area (Å²) in [6.45, 7) is 2.21. The van der Waals surface area contributed by atoms with Gasteiger partial charge in [-0.15, -0.1) is 0 Å². The predicted octanol–water partition coefficient (Wildman–Crippen LogP) is 1.94. The first-order valence-electron chi connectivity index (χ1n) is 5.70. The third-order valence-corrected chi connectivity index (χ3v) is 2.53. The zero-order valence-corrected chi connectivity index (χ0v) is 10.6. The quantitative estimate of drug-likeness (QED) is 0.809. The summed E-state index contributed by atoms with van der Waals surface area (Å²) in [7, 11) is 1.59. The molecule has 18 heavy (non-hydrogen) atoms. The first-order valence-corrected chi connectivity index (χ1v) is 5.70. The summed E-state index contributed by atoms with van der Waals surface area (Å²) in [5.41, 5.74) is 2.11.